The first kappa shape index (κ1) is 92.1. The molecule has 94 heavy (non-hydrogen) atoms. The van der Waals surface area contributed by atoms with E-state index in [0.29, 0.717) is 25.7 Å². The highest BCUT2D eigenvalue weighted by atomic mass is 31.2. The van der Waals surface area contributed by atoms with Gasteiger partial charge in [-0.1, -0.05) is 325 Å². The molecular formula is C75H146O17P2. The van der Waals surface area contributed by atoms with Gasteiger partial charge >= 0.3 is 39.5 Å². The van der Waals surface area contributed by atoms with Crippen molar-refractivity contribution in [3.8, 4) is 0 Å². The summed E-state index contributed by atoms with van der Waals surface area (Å²) in [6, 6.07) is 0. The quantitative estimate of drug-likeness (QED) is 0.0222. The number of aliphatic hydroxyl groups is 1. The zero-order valence-electron chi connectivity index (χ0n) is 61.6. The molecule has 0 spiro atoms. The standard InChI is InChI=1S/C75H146O17P2/c1-9-68(8)54-46-38-33-34-40-48-56-73(78)86-62-71(92-74(79)57-49-41-31-25-18-14-13-16-22-28-36-44-52-66(4)5)64-90-94(83,84)88-60-69(76)59-87-93(81,82)89-63-70(91-75(80)58-50-42-32-26-20-19-23-29-37-45-53-67(6)7)61-85-72(77)55-47-39-30-24-17-12-10-11-15-21-27-35-43-51-65(2)3/h65-71,76H,9-64H2,1-8H3,(H,81,82)(H,83,84)/t68?,69-,70-,71-/m1/s1. The number of esters is 4. The monoisotopic (exact) mass is 1380 g/mol. The van der Waals surface area contributed by atoms with Gasteiger partial charge in [0.05, 0.1) is 26.4 Å². The number of aliphatic hydroxyl groups excluding tert-OH is 1. The third-order valence-corrected chi connectivity index (χ3v) is 19.6. The van der Waals surface area contributed by atoms with Crippen LogP contribution in [0.5, 0.6) is 0 Å². The minimum Gasteiger partial charge on any atom is -0.462 e. The number of rotatable bonds is 72. The van der Waals surface area contributed by atoms with Gasteiger partial charge in [0.1, 0.15) is 19.3 Å². The van der Waals surface area contributed by atoms with E-state index >= 15 is 0 Å². The van der Waals surface area contributed by atoms with E-state index in [0.717, 1.165) is 120 Å². The summed E-state index contributed by atoms with van der Waals surface area (Å²) >= 11 is 0. The third kappa shape index (κ3) is 67.3. The van der Waals surface area contributed by atoms with E-state index in [1.165, 1.54) is 173 Å². The van der Waals surface area contributed by atoms with Crippen molar-refractivity contribution in [2.24, 2.45) is 23.7 Å². The second kappa shape index (κ2) is 64.4. The Bertz CT molecular complexity index is 1850. The molecule has 0 radical (unpaired) electrons. The molecule has 0 heterocycles. The highest BCUT2D eigenvalue weighted by Crippen LogP contribution is 2.45. The second-order valence-electron chi connectivity index (χ2n) is 28.7. The maximum absolute atomic E-state index is 13.1. The van der Waals surface area contributed by atoms with Crippen LogP contribution in [0.25, 0.3) is 0 Å². The third-order valence-electron chi connectivity index (χ3n) is 17.7. The maximum Gasteiger partial charge on any atom is 0.472 e. The number of hydrogen-bond acceptors (Lipinski definition) is 15. The van der Waals surface area contributed by atoms with Crippen LogP contribution in [0.15, 0.2) is 0 Å². The molecule has 558 valence electrons. The molecule has 0 aromatic heterocycles. The predicted molar refractivity (Wildman–Crippen MR) is 381 cm³/mol. The van der Waals surface area contributed by atoms with Gasteiger partial charge in [-0.15, -0.1) is 0 Å². The molecule has 0 aliphatic rings. The molecule has 0 aliphatic carbocycles. The van der Waals surface area contributed by atoms with Crippen LogP contribution in [-0.2, 0) is 65.4 Å². The Hall–Kier alpha value is -1.94. The van der Waals surface area contributed by atoms with E-state index in [1.807, 2.05) is 0 Å². The summed E-state index contributed by atoms with van der Waals surface area (Å²) in [6.07, 6.45) is 48.5. The Balaban J connectivity index is 5.25. The van der Waals surface area contributed by atoms with Crippen LogP contribution in [0.3, 0.4) is 0 Å². The van der Waals surface area contributed by atoms with Crippen molar-refractivity contribution >= 4 is 39.5 Å². The van der Waals surface area contributed by atoms with Crippen molar-refractivity contribution in [1.82, 2.24) is 0 Å². The number of carbonyl (C=O) groups excluding carboxylic acids is 4. The van der Waals surface area contributed by atoms with Gasteiger partial charge < -0.3 is 33.8 Å². The molecule has 0 rings (SSSR count). The van der Waals surface area contributed by atoms with Gasteiger partial charge in [0.15, 0.2) is 12.2 Å². The van der Waals surface area contributed by atoms with E-state index in [2.05, 4.69) is 55.4 Å². The highest BCUT2D eigenvalue weighted by molar-refractivity contribution is 7.47. The smallest absolute Gasteiger partial charge is 0.462 e. The molecule has 19 heteroatoms. The van der Waals surface area contributed by atoms with Gasteiger partial charge in [-0.05, 0) is 49.4 Å². The summed E-state index contributed by atoms with van der Waals surface area (Å²) in [6.45, 7) is 14.2. The van der Waals surface area contributed by atoms with Crippen LogP contribution >= 0.6 is 15.6 Å². The van der Waals surface area contributed by atoms with Crippen molar-refractivity contribution < 1.29 is 80.2 Å². The fraction of sp³-hybridized carbons (Fsp3) is 0.947. The lowest BCUT2D eigenvalue weighted by molar-refractivity contribution is -0.161. The molecule has 6 atom stereocenters. The fourth-order valence-electron chi connectivity index (χ4n) is 11.3. The normalized spacial score (nSPS) is 14.4. The topological polar surface area (TPSA) is 237 Å². The average molecular weight is 1380 g/mol. The summed E-state index contributed by atoms with van der Waals surface area (Å²) in [7, 11) is -9.91. The summed E-state index contributed by atoms with van der Waals surface area (Å²) in [5, 5.41) is 10.6. The Morgan fingerprint density at radius 1 is 0.298 bits per heavy atom. The van der Waals surface area contributed by atoms with Crippen molar-refractivity contribution in [2.75, 3.05) is 39.6 Å². The Kier molecular flexibility index (Phi) is 63.1. The summed E-state index contributed by atoms with van der Waals surface area (Å²) < 4.78 is 68.5. The van der Waals surface area contributed by atoms with Crippen LogP contribution in [-0.4, -0.2) is 96.7 Å². The molecule has 3 unspecified atom stereocenters. The van der Waals surface area contributed by atoms with Crippen LogP contribution in [0.2, 0.25) is 0 Å². The number of phosphoric acid groups is 2. The lowest BCUT2D eigenvalue weighted by atomic mass is 10.00. The number of phosphoric ester groups is 2. The first-order valence-electron chi connectivity index (χ1n) is 38.7. The maximum atomic E-state index is 13.1. The van der Waals surface area contributed by atoms with Gasteiger partial charge in [0.25, 0.3) is 0 Å². The Morgan fingerprint density at radius 3 is 0.755 bits per heavy atom. The summed E-state index contributed by atoms with van der Waals surface area (Å²) in [4.78, 5) is 72.8. The lowest BCUT2D eigenvalue weighted by Gasteiger charge is -2.21. The van der Waals surface area contributed by atoms with Crippen LogP contribution in [0.1, 0.15) is 376 Å². The van der Waals surface area contributed by atoms with Crippen LogP contribution in [0, 0.1) is 23.7 Å². The Morgan fingerprint density at radius 2 is 0.511 bits per heavy atom. The molecule has 17 nitrogen and oxygen atoms in total. The van der Waals surface area contributed by atoms with E-state index in [4.69, 9.17) is 37.0 Å². The minimum atomic E-state index is -4.96. The fourth-order valence-corrected chi connectivity index (χ4v) is 12.9. The molecule has 3 N–H and O–H groups in total. The number of unbranched alkanes of at least 4 members (excludes halogenated alkanes) is 37. The molecule has 0 saturated heterocycles. The van der Waals surface area contributed by atoms with Gasteiger partial charge in [-0.3, -0.25) is 37.3 Å². The first-order valence-corrected chi connectivity index (χ1v) is 41.7. The zero-order chi connectivity index (χ0) is 69.6. The summed E-state index contributed by atoms with van der Waals surface area (Å²) in [5.41, 5.74) is 0. The minimum absolute atomic E-state index is 0.105. The van der Waals surface area contributed by atoms with Gasteiger partial charge in [-0.2, -0.15) is 0 Å². The molecular weight excluding hydrogens is 1230 g/mol. The number of ether oxygens (including phenoxy) is 4. The molecule has 0 aromatic carbocycles. The SMILES string of the molecule is CCC(C)CCCCCCCCC(=O)OC[C@H](COP(=O)(O)OC[C@H](O)COP(=O)(O)OC[C@@H](COC(=O)CCCCCCCCCCCCCCCC(C)C)OC(=O)CCCCCCCCCCCCC(C)C)OC(=O)CCCCCCCCCCCCCCC(C)C. The van der Waals surface area contributed by atoms with E-state index < -0.39 is 97.5 Å². The van der Waals surface area contributed by atoms with Crippen molar-refractivity contribution in [3.63, 3.8) is 0 Å². The van der Waals surface area contributed by atoms with Crippen LogP contribution in [0.4, 0.5) is 0 Å². The van der Waals surface area contributed by atoms with Crippen molar-refractivity contribution in [3.05, 3.63) is 0 Å². The predicted octanol–water partition coefficient (Wildman–Crippen LogP) is 21.7. The highest BCUT2D eigenvalue weighted by Gasteiger charge is 2.30. The van der Waals surface area contributed by atoms with Gasteiger partial charge in [-0.25, -0.2) is 9.13 Å². The zero-order valence-corrected chi connectivity index (χ0v) is 63.4. The molecule has 0 fully saturated rings. The average Bonchev–Trinajstić information content (AvgIpc) is 1.21. The van der Waals surface area contributed by atoms with Crippen molar-refractivity contribution in [1.29, 1.82) is 0 Å². The number of hydrogen-bond donors (Lipinski definition) is 3. The molecule has 0 amide bonds. The molecule has 0 bridgehead atoms. The largest absolute Gasteiger partial charge is 0.472 e. The Labute approximate surface area is 575 Å². The van der Waals surface area contributed by atoms with E-state index in [-0.39, 0.29) is 25.7 Å². The van der Waals surface area contributed by atoms with E-state index in [9.17, 15) is 43.2 Å². The second-order valence-corrected chi connectivity index (χ2v) is 31.6. The molecule has 0 aliphatic heterocycles. The van der Waals surface area contributed by atoms with Crippen LogP contribution < -0.4 is 0 Å². The van der Waals surface area contributed by atoms with E-state index in [1.54, 1.807) is 0 Å². The van der Waals surface area contributed by atoms with Gasteiger partial charge in [0.2, 0.25) is 0 Å². The molecule has 0 aromatic rings. The number of carbonyl (C=O) groups is 4. The first-order chi connectivity index (χ1) is 45.1. The lowest BCUT2D eigenvalue weighted by Crippen LogP contribution is -2.30. The molecule has 0 saturated carbocycles. The van der Waals surface area contributed by atoms with Gasteiger partial charge in [0, 0.05) is 25.7 Å². The summed E-state index contributed by atoms with van der Waals surface area (Å²) in [5.74, 6) is 0.928. The van der Waals surface area contributed by atoms with Crippen molar-refractivity contribution in [2.45, 2.75) is 395 Å².